The molecule has 0 spiro atoms. The second-order valence-corrected chi connectivity index (χ2v) is 10.9. The summed E-state index contributed by atoms with van der Waals surface area (Å²) >= 11 is 0. The van der Waals surface area contributed by atoms with Crippen molar-refractivity contribution in [1.29, 1.82) is 0 Å². The molecular formula is C37H34O10. The lowest BCUT2D eigenvalue weighted by Crippen LogP contribution is -2.63. The van der Waals surface area contributed by atoms with Gasteiger partial charge >= 0.3 is 23.9 Å². The largest absolute Gasteiger partial charge is 0.459 e. The summed E-state index contributed by atoms with van der Waals surface area (Å²) in [6.07, 6.45) is -7.25. The van der Waals surface area contributed by atoms with Crippen molar-refractivity contribution >= 4 is 23.9 Å². The average molecular weight is 639 g/mol. The molecule has 0 bridgehead atoms. The van der Waals surface area contributed by atoms with Crippen LogP contribution in [0.15, 0.2) is 121 Å². The van der Waals surface area contributed by atoms with E-state index in [0.717, 1.165) is 0 Å². The highest BCUT2D eigenvalue weighted by Gasteiger charge is 2.54. The monoisotopic (exact) mass is 638 g/mol. The van der Waals surface area contributed by atoms with Crippen molar-refractivity contribution in [2.75, 3.05) is 6.61 Å². The van der Waals surface area contributed by atoms with Gasteiger partial charge in [-0.1, -0.05) is 72.8 Å². The second-order valence-electron chi connectivity index (χ2n) is 10.9. The molecule has 0 aromatic heterocycles. The molecule has 47 heavy (non-hydrogen) atoms. The molecular weight excluding hydrogens is 604 g/mol. The highest BCUT2D eigenvalue weighted by molar-refractivity contribution is 5.91. The van der Waals surface area contributed by atoms with Crippen molar-refractivity contribution in [2.45, 2.75) is 50.7 Å². The number of esters is 4. The Morgan fingerprint density at radius 2 is 0.894 bits per heavy atom. The minimum absolute atomic E-state index is 0.202. The van der Waals surface area contributed by atoms with Crippen LogP contribution in [0.25, 0.3) is 0 Å². The lowest BCUT2D eigenvalue weighted by Gasteiger charge is -2.44. The number of hydrogen-bond acceptors (Lipinski definition) is 10. The maximum atomic E-state index is 13.5. The van der Waals surface area contributed by atoms with E-state index < -0.39 is 67.3 Å². The fourth-order valence-electron chi connectivity index (χ4n) is 4.91. The van der Waals surface area contributed by atoms with Gasteiger partial charge in [-0.25, -0.2) is 19.2 Å². The van der Waals surface area contributed by atoms with E-state index in [4.69, 9.17) is 28.4 Å². The number of hydrogen-bond donors (Lipinski definition) is 0. The standard InChI is InChI=1S/C37H34O10/c1-24(2)43-37-32(47-36(41)28-21-13-6-14-22-28)31(46-35(40)27-19-11-5-12-20-27)30(45-34(39)26-17-9-4-10-18-26)29(44-37)23-42-33(38)25-15-7-3-8-16-25/h3-22,24,29-32,37H,23H2,1-2H3/t29?,30-,31-,32?,37+/m0/s1. The summed E-state index contributed by atoms with van der Waals surface area (Å²) in [5.41, 5.74) is 0.922. The van der Waals surface area contributed by atoms with Crippen LogP contribution in [-0.2, 0) is 28.4 Å². The highest BCUT2D eigenvalue weighted by atomic mass is 16.7. The fourth-order valence-corrected chi connectivity index (χ4v) is 4.91. The van der Waals surface area contributed by atoms with Crippen LogP contribution in [0.3, 0.4) is 0 Å². The minimum Gasteiger partial charge on any atom is -0.459 e. The number of carbonyl (C=O) groups is 4. The Morgan fingerprint density at radius 1 is 0.532 bits per heavy atom. The van der Waals surface area contributed by atoms with Crippen LogP contribution in [0.4, 0.5) is 0 Å². The van der Waals surface area contributed by atoms with Crippen LogP contribution in [0, 0.1) is 0 Å². The van der Waals surface area contributed by atoms with Crippen LogP contribution in [0.2, 0.25) is 0 Å². The Hall–Kier alpha value is -5.32. The van der Waals surface area contributed by atoms with Gasteiger partial charge in [0, 0.05) is 0 Å². The van der Waals surface area contributed by atoms with Gasteiger partial charge in [-0.05, 0) is 62.4 Å². The van der Waals surface area contributed by atoms with Gasteiger partial charge in [-0.3, -0.25) is 0 Å². The molecule has 0 amide bonds. The topological polar surface area (TPSA) is 124 Å². The fraction of sp³-hybridized carbons (Fsp3) is 0.243. The lowest BCUT2D eigenvalue weighted by atomic mass is 9.97. The SMILES string of the molecule is CC(C)O[C@@H]1OC(COC(=O)c2ccccc2)[C@H](OC(=O)c2ccccc2)[C@H](OC(=O)c2ccccc2)C1OC(=O)c1ccccc1. The smallest absolute Gasteiger partial charge is 0.338 e. The van der Waals surface area contributed by atoms with Crippen LogP contribution in [0.5, 0.6) is 0 Å². The Balaban J connectivity index is 1.54. The van der Waals surface area contributed by atoms with E-state index in [1.165, 1.54) is 0 Å². The van der Waals surface area contributed by atoms with Gasteiger partial charge in [-0.15, -0.1) is 0 Å². The molecule has 1 fully saturated rings. The van der Waals surface area contributed by atoms with Crippen LogP contribution in [-0.4, -0.2) is 67.3 Å². The summed E-state index contributed by atoms with van der Waals surface area (Å²) in [5.74, 6) is -2.95. The molecule has 0 radical (unpaired) electrons. The van der Waals surface area contributed by atoms with Gasteiger partial charge in [-0.2, -0.15) is 0 Å². The molecule has 1 aliphatic rings. The Morgan fingerprint density at radius 3 is 1.30 bits per heavy atom. The maximum absolute atomic E-state index is 13.5. The molecule has 1 aliphatic heterocycles. The van der Waals surface area contributed by atoms with Crippen LogP contribution >= 0.6 is 0 Å². The number of carbonyl (C=O) groups excluding carboxylic acids is 4. The third kappa shape index (κ3) is 8.69. The molecule has 5 atom stereocenters. The first-order valence-corrected chi connectivity index (χ1v) is 15.1. The molecule has 0 saturated carbocycles. The zero-order valence-electron chi connectivity index (χ0n) is 25.8. The molecule has 10 nitrogen and oxygen atoms in total. The van der Waals surface area contributed by atoms with Crippen LogP contribution in [0.1, 0.15) is 55.3 Å². The third-order valence-electron chi connectivity index (χ3n) is 7.14. The predicted molar refractivity (Wildman–Crippen MR) is 169 cm³/mol. The molecule has 242 valence electrons. The summed E-state index contributed by atoms with van der Waals surface area (Å²) in [5, 5.41) is 0. The molecule has 4 aromatic carbocycles. The second kappa shape index (κ2) is 15.8. The molecule has 4 aromatic rings. The molecule has 5 rings (SSSR count). The number of benzene rings is 4. The number of ether oxygens (including phenoxy) is 6. The summed E-state index contributed by atoms with van der Waals surface area (Å²) in [4.78, 5) is 53.3. The summed E-state index contributed by atoms with van der Waals surface area (Å²) in [7, 11) is 0. The van der Waals surface area contributed by atoms with Gasteiger partial charge < -0.3 is 28.4 Å². The van der Waals surface area contributed by atoms with Crippen molar-refractivity contribution in [3.63, 3.8) is 0 Å². The van der Waals surface area contributed by atoms with E-state index in [9.17, 15) is 19.2 Å². The predicted octanol–water partition coefficient (Wildman–Crippen LogP) is 5.67. The molecule has 2 unspecified atom stereocenters. The van der Waals surface area contributed by atoms with E-state index in [1.807, 2.05) is 0 Å². The van der Waals surface area contributed by atoms with Gasteiger partial charge in [0.15, 0.2) is 24.6 Å². The lowest BCUT2D eigenvalue weighted by molar-refractivity contribution is -0.305. The van der Waals surface area contributed by atoms with E-state index in [2.05, 4.69) is 0 Å². The van der Waals surface area contributed by atoms with E-state index >= 15 is 0 Å². The first kappa shape index (κ1) is 33.1. The molecule has 1 saturated heterocycles. The van der Waals surface area contributed by atoms with Crippen molar-refractivity contribution in [2.24, 2.45) is 0 Å². The quantitative estimate of drug-likeness (QED) is 0.150. The van der Waals surface area contributed by atoms with Crippen molar-refractivity contribution in [3.05, 3.63) is 144 Å². The Labute approximate surface area is 272 Å². The zero-order valence-corrected chi connectivity index (χ0v) is 25.8. The minimum atomic E-state index is -1.46. The van der Waals surface area contributed by atoms with Crippen molar-refractivity contribution < 1.29 is 47.6 Å². The highest BCUT2D eigenvalue weighted by Crippen LogP contribution is 2.32. The summed E-state index contributed by atoms with van der Waals surface area (Å²) in [6, 6.07) is 32.9. The average Bonchev–Trinajstić information content (AvgIpc) is 3.10. The Bertz CT molecular complexity index is 1630. The van der Waals surface area contributed by atoms with E-state index in [0.29, 0.717) is 0 Å². The van der Waals surface area contributed by atoms with Gasteiger partial charge in [0.05, 0.1) is 28.4 Å². The first-order valence-electron chi connectivity index (χ1n) is 15.1. The molecule has 0 aliphatic carbocycles. The zero-order chi connectivity index (χ0) is 33.2. The van der Waals surface area contributed by atoms with Gasteiger partial charge in [0.25, 0.3) is 0 Å². The van der Waals surface area contributed by atoms with Crippen molar-refractivity contribution in [3.8, 4) is 0 Å². The maximum Gasteiger partial charge on any atom is 0.338 e. The van der Waals surface area contributed by atoms with Gasteiger partial charge in [0.2, 0.25) is 0 Å². The van der Waals surface area contributed by atoms with Gasteiger partial charge in [0.1, 0.15) is 12.7 Å². The van der Waals surface area contributed by atoms with E-state index in [-0.39, 0.29) is 22.3 Å². The normalized spacial score (nSPS) is 20.5. The molecule has 10 heteroatoms. The first-order chi connectivity index (χ1) is 22.8. The van der Waals surface area contributed by atoms with E-state index in [1.54, 1.807) is 135 Å². The Kier molecular flexibility index (Phi) is 11.1. The molecule has 0 N–H and O–H groups in total. The summed E-state index contributed by atoms with van der Waals surface area (Å²) in [6.45, 7) is 3.07. The van der Waals surface area contributed by atoms with Crippen LogP contribution < -0.4 is 0 Å². The number of rotatable bonds is 11. The third-order valence-corrected chi connectivity index (χ3v) is 7.14. The van der Waals surface area contributed by atoms with Crippen molar-refractivity contribution in [1.82, 2.24) is 0 Å². The molecule has 1 heterocycles. The summed E-state index contributed by atoms with van der Waals surface area (Å²) < 4.78 is 35.8.